The van der Waals surface area contributed by atoms with Gasteiger partial charge in [-0.25, -0.2) is 4.98 Å². The van der Waals surface area contributed by atoms with Gasteiger partial charge in [0.05, 0.1) is 18.7 Å². The topological polar surface area (TPSA) is 62.7 Å². The summed E-state index contributed by atoms with van der Waals surface area (Å²) in [6.45, 7) is 2.80. The fourth-order valence-electron chi connectivity index (χ4n) is 2.13. The minimum Gasteiger partial charge on any atom is -0.362 e. The molecular formula is C12H17N3O3S. The van der Waals surface area contributed by atoms with Crippen LogP contribution in [0.2, 0.25) is 0 Å². The van der Waals surface area contributed by atoms with Gasteiger partial charge in [0.25, 0.3) is 11.8 Å². The molecule has 2 heterocycles. The molecule has 0 saturated carbocycles. The van der Waals surface area contributed by atoms with Gasteiger partial charge in [-0.15, -0.1) is 11.3 Å². The maximum absolute atomic E-state index is 12.2. The highest BCUT2D eigenvalue weighted by Gasteiger charge is 2.41. The van der Waals surface area contributed by atoms with Crippen molar-refractivity contribution in [2.45, 2.75) is 12.5 Å². The highest BCUT2D eigenvalue weighted by molar-refractivity contribution is 7.07. The molecule has 1 unspecified atom stereocenters. The second-order valence-electron chi connectivity index (χ2n) is 4.88. The zero-order valence-electron chi connectivity index (χ0n) is 11.3. The molecule has 1 aromatic rings. The van der Waals surface area contributed by atoms with Crippen LogP contribution >= 0.6 is 11.3 Å². The largest absolute Gasteiger partial charge is 0.362 e. The van der Waals surface area contributed by atoms with Crippen molar-refractivity contribution in [1.82, 2.24) is 14.8 Å². The van der Waals surface area contributed by atoms with Crippen LogP contribution in [0.3, 0.4) is 0 Å². The van der Waals surface area contributed by atoms with Crippen LogP contribution in [-0.2, 0) is 9.53 Å². The summed E-state index contributed by atoms with van der Waals surface area (Å²) in [5, 5.41) is 1.71. The van der Waals surface area contributed by atoms with E-state index in [0.29, 0.717) is 18.8 Å². The van der Waals surface area contributed by atoms with Crippen molar-refractivity contribution >= 4 is 23.2 Å². The van der Waals surface area contributed by atoms with Crippen LogP contribution in [0, 0.1) is 0 Å². The van der Waals surface area contributed by atoms with Crippen molar-refractivity contribution in [2.75, 3.05) is 33.8 Å². The number of hydrogen-bond donors (Lipinski definition) is 0. The lowest BCUT2D eigenvalue weighted by Crippen LogP contribution is -2.59. The van der Waals surface area contributed by atoms with Crippen LogP contribution in [-0.4, -0.2) is 66.0 Å². The first kappa shape index (κ1) is 14.0. The normalized spacial score (nSPS) is 23.2. The molecule has 0 radical (unpaired) electrons. The lowest BCUT2D eigenvalue weighted by molar-refractivity contribution is -0.162. The van der Waals surface area contributed by atoms with Crippen LogP contribution in [0.25, 0.3) is 0 Å². The third-order valence-electron chi connectivity index (χ3n) is 3.07. The summed E-state index contributed by atoms with van der Waals surface area (Å²) >= 11 is 1.38. The molecule has 1 fully saturated rings. The second kappa shape index (κ2) is 5.26. The molecule has 0 aromatic carbocycles. The Morgan fingerprint density at radius 3 is 2.84 bits per heavy atom. The molecule has 6 nitrogen and oxygen atoms in total. The van der Waals surface area contributed by atoms with Crippen molar-refractivity contribution in [3.05, 3.63) is 16.6 Å². The number of hydrogen-bond acceptors (Lipinski definition) is 5. The Labute approximate surface area is 116 Å². The predicted molar refractivity (Wildman–Crippen MR) is 71.1 cm³/mol. The molecule has 1 aromatic heterocycles. The average molecular weight is 283 g/mol. The molecule has 0 bridgehead atoms. The van der Waals surface area contributed by atoms with E-state index in [2.05, 4.69) is 4.98 Å². The first-order chi connectivity index (χ1) is 8.94. The SMILES string of the molecule is CN(C)C(=O)C1(C)CN(C(=O)c2cscn2)CCO1. The summed E-state index contributed by atoms with van der Waals surface area (Å²) in [6, 6.07) is 0. The van der Waals surface area contributed by atoms with Gasteiger partial charge in [0.2, 0.25) is 0 Å². The fourth-order valence-corrected chi connectivity index (χ4v) is 2.65. The van der Waals surface area contributed by atoms with Gasteiger partial charge in [0, 0.05) is 26.0 Å². The third-order valence-corrected chi connectivity index (χ3v) is 3.66. The van der Waals surface area contributed by atoms with E-state index in [0.717, 1.165) is 0 Å². The van der Waals surface area contributed by atoms with Gasteiger partial charge >= 0.3 is 0 Å². The Morgan fingerprint density at radius 2 is 2.26 bits per heavy atom. The van der Waals surface area contributed by atoms with E-state index in [1.54, 1.807) is 36.8 Å². The van der Waals surface area contributed by atoms with Crippen LogP contribution in [0.4, 0.5) is 0 Å². The zero-order chi connectivity index (χ0) is 14.0. The average Bonchev–Trinajstić information content (AvgIpc) is 2.90. The minimum absolute atomic E-state index is 0.136. The van der Waals surface area contributed by atoms with Gasteiger partial charge in [0.1, 0.15) is 5.69 Å². The number of carbonyl (C=O) groups excluding carboxylic acids is 2. The number of likely N-dealkylation sites (N-methyl/N-ethyl adjacent to an activating group) is 1. The molecule has 104 valence electrons. The quantitative estimate of drug-likeness (QED) is 0.791. The molecule has 0 aliphatic carbocycles. The highest BCUT2D eigenvalue weighted by Crippen LogP contribution is 2.21. The van der Waals surface area contributed by atoms with Gasteiger partial charge in [-0.2, -0.15) is 0 Å². The van der Waals surface area contributed by atoms with E-state index in [-0.39, 0.29) is 18.4 Å². The van der Waals surface area contributed by atoms with Crippen LogP contribution in [0.15, 0.2) is 10.9 Å². The van der Waals surface area contributed by atoms with Crippen molar-refractivity contribution in [3.63, 3.8) is 0 Å². The number of amides is 2. The van der Waals surface area contributed by atoms with Crippen molar-refractivity contribution in [2.24, 2.45) is 0 Å². The molecule has 7 heteroatoms. The number of aromatic nitrogens is 1. The van der Waals surface area contributed by atoms with Crippen LogP contribution < -0.4 is 0 Å². The Kier molecular flexibility index (Phi) is 3.86. The van der Waals surface area contributed by atoms with Crippen LogP contribution in [0.5, 0.6) is 0 Å². The van der Waals surface area contributed by atoms with Gasteiger partial charge < -0.3 is 14.5 Å². The summed E-state index contributed by atoms with van der Waals surface area (Å²) in [5.74, 6) is -0.286. The summed E-state index contributed by atoms with van der Waals surface area (Å²) in [5.41, 5.74) is 1.07. The summed E-state index contributed by atoms with van der Waals surface area (Å²) in [7, 11) is 3.36. The number of carbonyl (C=O) groups is 2. The van der Waals surface area contributed by atoms with Gasteiger partial charge in [-0.05, 0) is 6.92 Å². The molecule has 1 aliphatic rings. The van der Waals surface area contributed by atoms with Gasteiger partial charge in [-0.3, -0.25) is 9.59 Å². The lowest BCUT2D eigenvalue weighted by Gasteiger charge is -2.40. The number of thiazole rings is 1. The summed E-state index contributed by atoms with van der Waals surface area (Å²) in [6.07, 6.45) is 0. The second-order valence-corrected chi connectivity index (χ2v) is 5.60. The van der Waals surface area contributed by atoms with Gasteiger partial charge in [0.15, 0.2) is 5.60 Å². The first-order valence-electron chi connectivity index (χ1n) is 5.97. The van der Waals surface area contributed by atoms with Crippen molar-refractivity contribution in [1.29, 1.82) is 0 Å². The molecule has 2 rings (SSSR count). The van der Waals surface area contributed by atoms with E-state index < -0.39 is 5.60 Å². The zero-order valence-corrected chi connectivity index (χ0v) is 12.1. The van der Waals surface area contributed by atoms with Crippen molar-refractivity contribution < 1.29 is 14.3 Å². The molecular weight excluding hydrogens is 266 g/mol. The monoisotopic (exact) mass is 283 g/mol. The molecule has 1 aliphatic heterocycles. The predicted octanol–water partition coefficient (Wildman–Crippen LogP) is 0.462. The van der Waals surface area contributed by atoms with Crippen LogP contribution in [0.1, 0.15) is 17.4 Å². The standard InChI is InChI=1S/C12H17N3O3S/c1-12(11(17)14(2)3)7-15(4-5-18-12)10(16)9-6-19-8-13-9/h6,8H,4-5,7H2,1-3H3. The van der Waals surface area contributed by atoms with E-state index >= 15 is 0 Å². The maximum atomic E-state index is 12.2. The van der Waals surface area contributed by atoms with Crippen molar-refractivity contribution in [3.8, 4) is 0 Å². The lowest BCUT2D eigenvalue weighted by atomic mass is 10.0. The third kappa shape index (κ3) is 2.76. The Bertz CT molecular complexity index is 475. The Balaban J connectivity index is 2.13. The first-order valence-corrected chi connectivity index (χ1v) is 6.91. The highest BCUT2D eigenvalue weighted by atomic mass is 32.1. The number of rotatable bonds is 2. The Hall–Kier alpha value is -1.47. The number of morpholine rings is 1. The van der Waals surface area contributed by atoms with E-state index in [1.807, 2.05) is 0 Å². The molecule has 1 saturated heterocycles. The van der Waals surface area contributed by atoms with E-state index in [1.165, 1.54) is 16.2 Å². The molecule has 2 amide bonds. The molecule has 0 spiro atoms. The van der Waals surface area contributed by atoms with Gasteiger partial charge in [-0.1, -0.05) is 0 Å². The smallest absolute Gasteiger partial charge is 0.273 e. The van der Waals surface area contributed by atoms with E-state index in [4.69, 9.17) is 4.74 Å². The molecule has 19 heavy (non-hydrogen) atoms. The molecule has 0 N–H and O–H groups in total. The number of ether oxygens (including phenoxy) is 1. The summed E-state index contributed by atoms with van der Waals surface area (Å²) in [4.78, 5) is 31.5. The number of nitrogens with zero attached hydrogens (tertiary/aromatic N) is 3. The maximum Gasteiger partial charge on any atom is 0.273 e. The minimum atomic E-state index is -0.979. The van der Waals surface area contributed by atoms with E-state index in [9.17, 15) is 9.59 Å². The Morgan fingerprint density at radius 1 is 1.53 bits per heavy atom. The fraction of sp³-hybridized carbons (Fsp3) is 0.583. The summed E-state index contributed by atoms with van der Waals surface area (Å²) < 4.78 is 5.58. The molecule has 1 atom stereocenters.